The maximum Gasteiger partial charge on any atom is 0.326 e. The van der Waals surface area contributed by atoms with Crippen molar-refractivity contribution >= 4 is 17.8 Å². The van der Waals surface area contributed by atoms with Crippen LogP contribution in [-0.2, 0) is 27.2 Å². The molecule has 0 aromatic heterocycles. The minimum absolute atomic E-state index is 0.0961. The van der Waals surface area contributed by atoms with E-state index in [9.17, 15) is 24.6 Å². The van der Waals surface area contributed by atoms with Crippen LogP contribution < -0.4 is 5.32 Å². The zero-order valence-corrected chi connectivity index (χ0v) is 18.0. The highest BCUT2D eigenvalue weighted by Gasteiger charge is 2.30. The molecule has 0 saturated heterocycles. The van der Waals surface area contributed by atoms with Gasteiger partial charge in [0.2, 0.25) is 5.91 Å². The topological polar surface area (TPSA) is 104 Å². The molecule has 0 spiro atoms. The van der Waals surface area contributed by atoms with Crippen molar-refractivity contribution in [3.63, 3.8) is 0 Å². The SMILES string of the molecule is CC(C)CC(NC(=O)[C@H](Cc1ccccc1)C[C@@H](Cc1ccccc1)C(=O)O)C(=O)O. The van der Waals surface area contributed by atoms with E-state index in [-0.39, 0.29) is 12.3 Å². The molecule has 0 fully saturated rings. The second-order valence-corrected chi connectivity index (χ2v) is 8.38. The molecule has 0 aliphatic carbocycles. The van der Waals surface area contributed by atoms with Gasteiger partial charge in [-0.05, 0) is 42.7 Å². The van der Waals surface area contributed by atoms with E-state index in [4.69, 9.17) is 0 Å². The van der Waals surface area contributed by atoms with Crippen LogP contribution in [-0.4, -0.2) is 34.1 Å². The van der Waals surface area contributed by atoms with Crippen molar-refractivity contribution in [2.45, 2.75) is 45.6 Å². The molecule has 0 aliphatic heterocycles. The normalized spacial score (nSPS) is 13.9. The van der Waals surface area contributed by atoms with Gasteiger partial charge in [-0.1, -0.05) is 74.5 Å². The molecule has 0 aliphatic rings. The summed E-state index contributed by atoms with van der Waals surface area (Å²) in [6.07, 6.45) is 1.09. The smallest absolute Gasteiger partial charge is 0.326 e. The molecule has 31 heavy (non-hydrogen) atoms. The van der Waals surface area contributed by atoms with Crippen LogP contribution >= 0.6 is 0 Å². The highest BCUT2D eigenvalue weighted by molar-refractivity contribution is 5.85. The summed E-state index contributed by atoms with van der Waals surface area (Å²) in [4.78, 5) is 36.7. The van der Waals surface area contributed by atoms with Crippen LogP contribution in [0.15, 0.2) is 60.7 Å². The summed E-state index contributed by atoms with van der Waals surface area (Å²) < 4.78 is 0. The van der Waals surface area contributed by atoms with Crippen LogP contribution in [0.1, 0.15) is 37.8 Å². The Kier molecular flexibility index (Phi) is 9.25. The molecule has 1 unspecified atom stereocenters. The summed E-state index contributed by atoms with van der Waals surface area (Å²) in [5.74, 6) is -3.78. The number of hydrogen-bond donors (Lipinski definition) is 3. The maximum atomic E-state index is 13.1. The number of benzene rings is 2. The Bertz CT molecular complexity index is 851. The van der Waals surface area contributed by atoms with Gasteiger partial charge in [0.05, 0.1) is 5.92 Å². The molecule has 6 heteroatoms. The summed E-state index contributed by atoms with van der Waals surface area (Å²) >= 11 is 0. The molecule has 2 aromatic rings. The zero-order valence-electron chi connectivity index (χ0n) is 18.0. The van der Waals surface area contributed by atoms with E-state index in [1.165, 1.54) is 0 Å². The first-order chi connectivity index (χ1) is 14.8. The third-order valence-electron chi connectivity index (χ3n) is 5.26. The molecule has 3 N–H and O–H groups in total. The van der Waals surface area contributed by atoms with Crippen LogP contribution in [0.3, 0.4) is 0 Å². The Morgan fingerprint density at radius 1 is 0.742 bits per heavy atom. The molecule has 0 heterocycles. The molecular formula is C25H31NO5. The predicted molar refractivity (Wildman–Crippen MR) is 119 cm³/mol. The van der Waals surface area contributed by atoms with Gasteiger partial charge in [-0.3, -0.25) is 9.59 Å². The van der Waals surface area contributed by atoms with E-state index in [0.717, 1.165) is 11.1 Å². The molecule has 2 aromatic carbocycles. The van der Waals surface area contributed by atoms with E-state index < -0.39 is 35.7 Å². The molecule has 3 atom stereocenters. The minimum Gasteiger partial charge on any atom is -0.481 e. The van der Waals surface area contributed by atoms with Gasteiger partial charge in [0.25, 0.3) is 0 Å². The van der Waals surface area contributed by atoms with E-state index >= 15 is 0 Å². The Morgan fingerprint density at radius 2 is 1.23 bits per heavy atom. The van der Waals surface area contributed by atoms with Crippen molar-refractivity contribution < 1.29 is 24.6 Å². The van der Waals surface area contributed by atoms with Crippen LogP contribution in [0, 0.1) is 17.8 Å². The maximum absolute atomic E-state index is 13.1. The third kappa shape index (κ3) is 8.24. The molecule has 2 rings (SSSR count). The first-order valence-electron chi connectivity index (χ1n) is 10.6. The van der Waals surface area contributed by atoms with Crippen molar-refractivity contribution in [3.8, 4) is 0 Å². The van der Waals surface area contributed by atoms with E-state index in [1.807, 2.05) is 74.5 Å². The number of carbonyl (C=O) groups excluding carboxylic acids is 1. The Labute approximate surface area is 183 Å². The van der Waals surface area contributed by atoms with Gasteiger partial charge >= 0.3 is 11.9 Å². The quantitative estimate of drug-likeness (QED) is 0.480. The fourth-order valence-corrected chi connectivity index (χ4v) is 3.68. The van der Waals surface area contributed by atoms with Gasteiger partial charge in [-0.25, -0.2) is 4.79 Å². The fraction of sp³-hybridized carbons (Fsp3) is 0.400. The van der Waals surface area contributed by atoms with Gasteiger partial charge in [0.15, 0.2) is 0 Å². The van der Waals surface area contributed by atoms with Gasteiger partial charge in [0.1, 0.15) is 6.04 Å². The number of carboxylic acid groups (broad SMARTS) is 2. The summed E-state index contributed by atoms with van der Waals surface area (Å²) in [5.41, 5.74) is 1.79. The number of hydrogen-bond acceptors (Lipinski definition) is 3. The van der Waals surface area contributed by atoms with Gasteiger partial charge in [-0.2, -0.15) is 0 Å². The lowest BCUT2D eigenvalue weighted by atomic mass is 9.85. The van der Waals surface area contributed by atoms with E-state index in [0.29, 0.717) is 19.3 Å². The lowest BCUT2D eigenvalue weighted by Gasteiger charge is -2.24. The monoisotopic (exact) mass is 425 g/mol. The molecule has 166 valence electrons. The predicted octanol–water partition coefficient (Wildman–Crippen LogP) is 3.79. The van der Waals surface area contributed by atoms with E-state index in [1.54, 1.807) is 0 Å². The average molecular weight is 426 g/mol. The number of nitrogens with one attached hydrogen (secondary N) is 1. The molecular weight excluding hydrogens is 394 g/mol. The minimum atomic E-state index is -1.08. The fourth-order valence-electron chi connectivity index (χ4n) is 3.68. The standard InChI is InChI=1S/C25H31NO5/c1-17(2)13-22(25(30)31)26-23(27)20(14-18-9-5-3-6-10-18)16-21(24(28)29)15-19-11-7-4-8-12-19/h3-12,17,20-22H,13-16H2,1-2H3,(H,26,27)(H,28,29)(H,30,31)/t20-,21-,22?/m1/s1. The number of rotatable bonds is 12. The number of carboxylic acids is 2. The first-order valence-corrected chi connectivity index (χ1v) is 10.6. The average Bonchev–Trinajstić information content (AvgIpc) is 2.73. The summed E-state index contributed by atoms with van der Waals surface area (Å²) in [6.45, 7) is 3.79. The van der Waals surface area contributed by atoms with Crippen LogP contribution in [0.2, 0.25) is 0 Å². The van der Waals surface area contributed by atoms with Crippen molar-refractivity contribution in [2.75, 3.05) is 0 Å². The van der Waals surface area contributed by atoms with Gasteiger partial charge in [-0.15, -0.1) is 0 Å². The first kappa shape index (κ1) is 24.1. The number of aliphatic carboxylic acids is 2. The molecule has 0 bridgehead atoms. The van der Waals surface area contributed by atoms with Crippen molar-refractivity contribution in [3.05, 3.63) is 71.8 Å². The second kappa shape index (κ2) is 11.9. The lowest BCUT2D eigenvalue weighted by Crippen LogP contribution is -2.45. The summed E-state index contributed by atoms with van der Waals surface area (Å²) in [5, 5.41) is 21.9. The Hall–Kier alpha value is -3.15. The largest absolute Gasteiger partial charge is 0.481 e. The molecule has 0 radical (unpaired) electrons. The van der Waals surface area contributed by atoms with Crippen molar-refractivity contribution in [1.29, 1.82) is 0 Å². The summed E-state index contributed by atoms with van der Waals surface area (Å²) in [6, 6.07) is 17.7. The third-order valence-corrected chi connectivity index (χ3v) is 5.26. The second-order valence-electron chi connectivity index (χ2n) is 8.38. The van der Waals surface area contributed by atoms with E-state index in [2.05, 4.69) is 5.32 Å². The van der Waals surface area contributed by atoms with Crippen LogP contribution in [0.25, 0.3) is 0 Å². The van der Waals surface area contributed by atoms with Crippen LogP contribution in [0.4, 0.5) is 0 Å². The molecule has 6 nitrogen and oxygen atoms in total. The number of amides is 1. The van der Waals surface area contributed by atoms with Crippen LogP contribution in [0.5, 0.6) is 0 Å². The van der Waals surface area contributed by atoms with Crippen molar-refractivity contribution in [2.24, 2.45) is 17.8 Å². The number of carbonyl (C=O) groups is 3. The Morgan fingerprint density at radius 3 is 1.65 bits per heavy atom. The Balaban J connectivity index is 2.22. The zero-order chi connectivity index (χ0) is 22.8. The van der Waals surface area contributed by atoms with Gasteiger partial charge < -0.3 is 15.5 Å². The lowest BCUT2D eigenvalue weighted by molar-refractivity contribution is -0.145. The van der Waals surface area contributed by atoms with Crippen molar-refractivity contribution in [1.82, 2.24) is 5.32 Å². The van der Waals surface area contributed by atoms with Gasteiger partial charge in [0, 0.05) is 5.92 Å². The summed E-state index contributed by atoms with van der Waals surface area (Å²) in [7, 11) is 0. The molecule has 0 saturated carbocycles. The highest BCUT2D eigenvalue weighted by atomic mass is 16.4. The molecule has 1 amide bonds. The highest BCUT2D eigenvalue weighted by Crippen LogP contribution is 2.22.